The Morgan fingerprint density at radius 3 is 2.58 bits per heavy atom. The minimum absolute atomic E-state index is 0.251. The van der Waals surface area contributed by atoms with Gasteiger partial charge in [0.15, 0.2) is 5.13 Å². The van der Waals surface area contributed by atoms with Crippen LogP contribution in [0, 0.1) is 0 Å². The van der Waals surface area contributed by atoms with Crippen LogP contribution in [-0.2, 0) is 15.6 Å². The molecule has 0 radical (unpaired) electrons. The number of anilines is 1. The largest absolute Gasteiger partial charge is 0.384 e. The number of aliphatic hydroxyl groups is 1. The topological polar surface area (TPSA) is 79.3 Å². The minimum Gasteiger partial charge on any atom is -0.384 e. The highest BCUT2D eigenvalue weighted by Crippen LogP contribution is 2.33. The van der Waals surface area contributed by atoms with Gasteiger partial charge in [0.1, 0.15) is 10.5 Å². The normalized spacial score (nSPS) is 12.6. The highest BCUT2D eigenvalue weighted by Gasteiger charge is 2.29. The van der Waals surface area contributed by atoms with Crippen molar-refractivity contribution in [2.45, 2.75) is 37.2 Å². The van der Waals surface area contributed by atoms with E-state index >= 15 is 0 Å². The first-order valence-corrected chi connectivity index (χ1v) is 10.8. The van der Waals surface area contributed by atoms with Gasteiger partial charge in [-0.15, -0.1) is 22.7 Å². The van der Waals surface area contributed by atoms with Crippen LogP contribution in [0.2, 0.25) is 0 Å². The van der Waals surface area contributed by atoms with Crippen molar-refractivity contribution in [2.75, 3.05) is 4.72 Å². The van der Waals surface area contributed by atoms with E-state index in [-0.39, 0.29) is 10.0 Å². The Bertz CT molecular complexity index is 956. The standard InChI is InChI=1S/C16H18N2O3S3/c1-3-16(19,4-2)14-10-23-15(17-14)18-24(20,21)13-9-22-12-8-6-5-7-11(12)13/h5-10,19H,3-4H2,1-2H3,(H,17,18). The van der Waals surface area contributed by atoms with Crippen LogP contribution >= 0.6 is 22.7 Å². The summed E-state index contributed by atoms with van der Waals surface area (Å²) in [7, 11) is -3.72. The van der Waals surface area contributed by atoms with Crippen LogP contribution in [0.25, 0.3) is 10.1 Å². The van der Waals surface area contributed by atoms with E-state index in [2.05, 4.69) is 9.71 Å². The van der Waals surface area contributed by atoms with Gasteiger partial charge in [0.2, 0.25) is 0 Å². The third-order valence-electron chi connectivity index (χ3n) is 4.11. The van der Waals surface area contributed by atoms with Crippen molar-refractivity contribution in [3.8, 4) is 0 Å². The number of rotatable bonds is 6. The van der Waals surface area contributed by atoms with Crippen molar-refractivity contribution in [2.24, 2.45) is 0 Å². The van der Waals surface area contributed by atoms with E-state index < -0.39 is 15.6 Å². The first-order chi connectivity index (χ1) is 11.4. The van der Waals surface area contributed by atoms with E-state index in [1.165, 1.54) is 22.7 Å². The molecule has 128 valence electrons. The summed E-state index contributed by atoms with van der Waals surface area (Å²) in [6, 6.07) is 7.38. The molecule has 0 aliphatic rings. The van der Waals surface area contributed by atoms with E-state index in [1.54, 1.807) is 16.8 Å². The van der Waals surface area contributed by atoms with Crippen LogP contribution in [0.5, 0.6) is 0 Å². The molecule has 0 spiro atoms. The summed E-state index contributed by atoms with van der Waals surface area (Å²) < 4.78 is 28.8. The number of hydrogen-bond donors (Lipinski definition) is 2. The molecule has 0 saturated heterocycles. The zero-order valence-corrected chi connectivity index (χ0v) is 15.8. The molecule has 0 atom stereocenters. The minimum atomic E-state index is -3.72. The van der Waals surface area contributed by atoms with Gasteiger partial charge in [-0.25, -0.2) is 13.4 Å². The molecular formula is C16H18N2O3S3. The second kappa shape index (κ2) is 6.44. The molecule has 0 aliphatic heterocycles. The molecule has 0 fully saturated rings. The highest BCUT2D eigenvalue weighted by molar-refractivity contribution is 7.93. The number of nitrogens with one attached hydrogen (secondary N) is 1. The van der Waals surface area contributed by atoms with E-state index in [1.807, 2.05) is 32.0 Å². The third-order valence-corrected chi connectivity index (χ3v) is 7.49. The number of aromatic nitrogens is 1. The van der Waals surface area contributed by atoms with Gasteiger partial charge in [-0.2, -0.15) is 0 Å². The van der Waals surface area contributed by atoms with Crippen LogP contribution < -0.4 is 4.72 Å². The van der Waals surface area contributed by atoms with E-state index in [9.17, 15) is 13.5 Å². The smallest absolute Gasteiger partial charge is 0.265 e. The zero-order chi connectivity index (χ0) is 17.4. The lowest BCUT2D eigenvalue weighted by molar-refractivity contribution is 0.0247. The van der Waals surface area contributed by atoms with Crippen LogP contribution in [0.1, 0.15) is 32.4 Å². The lowest BCUT2D eigenvalue weighted by atomic mass is 9.94. The Hall–Kier alpha value is -1.48. The predicted octanol–water partition coefficient (Wildman–Crippen LogP) is 4.17. The summed E-state index contributed by atoms with van der Waals surface area (Å²) in [4.78, 5) is 4.53. The lowest BCUT2D eigenvalue weighted by Gasteiger charge is -2.22. The van der Waals surface area contributed by atoms with Gasteiger partial charge in [0.25, 0.3) is 10.0 Å². The summed E-state index contributed by atoms with van der Waals surface area (Å²) in [6.07, 6.45) is 1.04. The number of sulfonamides is 1. The average molecular weight is 383 g/mol. The second-order valence-corrected chi connectivity index (χ2v) is 8.90. The Kier molecular flexibility index (Phi) is 4.65. The zero-order valence-electron chi connectivity index (χ0n) is 13.3. The number of thiophene rings is 1. The molecule has 2 aromatic heterocycles. The number of fused-ring (bicyclic) bond motifs is 1. The van der Waals surface area contributed by atoms with Crippen molar-refractivity contribution in [3.05, 3.63) is 40.7 Å². The monoisotopic (exact) mass is 382 g/mol. The van der Waals surface area contributed by atoms with Crippen molar-refractivity contribution in [3.63, 3.8) is 0 Å². The fourth-order valence-corrected chi connectivity index (χ4v) is 6.04. The van der Waals surface area contributed by atoms with Crippen LogP contribution in [0.4, 0.5) is 5.13 Å². The first-order valence-electron chi connectivity index (χ1n) is 7.57. The molecule has 5 nitrogen and oxygen atoms in total. The fraction of sp³-hybridized carbons (Fsp3) is 0.312. The molecule has 0 saturated carbocycles. The summed E-state index contributed by atoms with van der Waals surface area (Å²) in [6.45, 7) is 3.76. The van der Waals surface area contributed by atoms with Crippen LogP contribution in [0.3, 0.4) is 0 Å². The molecular weight excluding hydrogens is 364 g/mol. The van der Waals surface area contributed by atoms with Crippen molar-refractivity contribution >= 4 is 47.9 Å². The number of benzene rings is 1. The average Bonchev–Trinajstić information content (AvgIpc) is 3.21. The van der Waals surface area contributed by atoms with Gasteiger partial charge in [0.05, 0.1) is 5.69 Å². The Morgan fingerprint density at radius 1 is 1.17 bits per heavy atom. The van der Waals surface area contributed by atoms with Gasteiger partial charge in [-0.05, 0) is 18.9 Å². The molecule has 0 amide bonds. The molecule has 8 heteroatoms. The molecule has 0 bridgehead atoms. The molecule has 24 heavy (non-hydrogen) atoms. The van der Waals surface area contributed by atoms with Gasteiger partial charge in [-0.3, -0.25) is 4.72 Å². The Labute approximate surface area is 149 Å². The number of nitrogens with zero attached hydrogens (tertiary/aromatic N) is 1. The maximum absolute atomic E-state index is 12.7. The molecule has 0 unspecified atom stereocenters. The molecule has 2 N–H and O–H groups in total. The van der Waals surface area contributed by atoms with Crippen molar-refractivity contribution in [1.82, 2.24) is 4.98 Å². The van der Waals surface area contributed by atoms with Gasteiger partial charge in [0, 0.05) is 20.8 Å². The Balaban J connectivity index is 1.92. The van der Waals surface area contributed by atoms with Gasteiger partial charge < -0.3 is 5.11 Å². The Morgan fingerprint density at radius 2 is 1.88 bits per heavy atom. The highest BCUT2D eigenvalue weighted by atomic mass is 32.2. The fourth-order valence-electron chi connectivity index (χ4n) is 2.48. The molecule has 3 rings (SSSR count). The SMILES string of the molecule is CCC(O)(CC)c1csc(NS(=O)(=O)c2csc3ccccc23)n1. The number of thiazole rings is 1. The maximum atomic E-state index is 12.7. The first kappa shape index (κ1) is 17.3. The summed E-state index contributed by atoms with van der Waals surface area (Å²) in [5.74, 6) is 0. The van der Waals surface area contributed by atoms with Crippen LogP contribution in [-0.4, -0.2) is 18.5 Å². The lowest BCUT2D eigenvalue weighted by Crippen LogP contribution is -2.24. The van der Waals surface area contributed by atoms with Crippen molar-refractivity contribution in [1.29, 1.82) is 0 Å². The van der Waals surface area contributed by atoms with Gasteiger partial charge >= 0.3 is 0 Å². The number of hydrogen-bond acceptors (Lipinski definition) is 6. The quantitative estimate of drug-likeness (QED) is 0.671. The predicted molar refractivity (Wildman–Crippen MR) is 99.2 cm³/mol. The summed E-state index contributed by atoms with van der Waals surface area (Å²) >= 11 is 2.57. The van der Waals surface area contributed by atoms with Crippen LogP contribution in [0.15, 0.2) is 39.9 Å². The van der Waals surface area contributed by atoms with E-state index in [0.29, 0.717) is 23.9 Å². The molecule has 1 aromatic carbocycles. The maximum Gasteiger partial charge on any atom is 0.265 e. The third kappa shape index (κ3) is 3.06. The van der Waals surface area contributed by atoms with E-state index in [0.717, 1.165) is 4.70 Å². The molecule has 0 aliphatic carbocycles. The van der Waals surface area contributed by atoms with Crippen molar-refractivity contribution < 1.29 is 13.5 Å². The van der Waals surface area contributed by atoms with Gasteiger partial charge in [-0.1, -0.05) is 32.0 Å². The molecule has 2 heterocycles. The second-order valence-electron chi connectivity index (χ2n) is 5.48. The van der Waals surface area contributed by atoms with E-state index in [4.69, 9.17) is 0 Å². The summed E-state index contributed by atoms with van der Waals surface area (Å²) in [5, 5.41) is 14.8. The summed E-state index contributed by atoms with van der Waals surface area (Å²) in [5.41, 5.74) is -0.514. The molecule has 3 aromatic rings.